The summed E-state index contributed by atoms with van der Waals surface area (Å²) >= 11 is 0. The Morgan fingerprint density at radius 3 is 2.12 bits per heavy atom. The molecule has 2 aromatic carbocycles. The van der Waals surface area contributed by atoms with E-state index in [9.17, 15) is 19.5 Å². The fourth-order valence-electron chi connectivity index (χ4n) is 3.39. The summed E-state index contributed by atoms with van der Waals surface area (Å²) < 4.78 is 15.2. The molecule has 8 heteroatoms. The van der Waals surface area contributed by atoms with Crippen LogP contribution in [0.25, 0.3) is 0 Å². The molecule has 32 heavy (non-hydrogen) atoms. The highest BCUT2D eigenvalue weighted by molar-refractivity contribution is 6.23. The highest BCUT2D eigenvalue weighted by Gasteiger charge is 2.35. The van der Waals surface area contributed by atoms with Crippen LogP contribution < -0.4 is 10.1 Å². The van der Waals surface area contributed by atoms with Gasteiger partial charge in [-0.05, 0) is 42.8 Å². The number of carbonyl (C=O) groups excluding carboxylic acids is 3. The van der Waals surface area contributed by atoms with Crippen molar-refractivity contribution in [2.75, 3.05) is 26.6 Å². The Hall–Kier alpha value is -4.07. The summed E-state index contributed by atoms with van der Waals surface area (Å²) in [5.74, 6) is -1.48. The lowest BCUT2D eigenvalue weighted by Crippen LogP contribution is -2.26. The number of aromatic hydroxyl groups is 1. The average molecular weight is 437 g/mol. The Morgan fingerprint density at radius 2 is 1.53 bits per heavy atom. The monoisotopic (exact) mass is 437 g/mol. The van der Waals surface area contributed by atoms with E-state index in [2.05, 4.69) is 5.32 Å². The van der Waals surface area contributed by atoms with Crippen molar-refractivity contribution in [1.29, 1.82) is 0 Å². The molecule has 0 bridgehead atoms. The van der Waals surface area contributed by atoms with Crippen LogP contribution in [0.2, 0.25) is 0 Å². The Balaban J connectivity index is 1.88. The van der Waals surface area contributed by atoms with Crippen LogP contribution in [-0.2, 0) is 25.5 Å². The molecule has 0 aliphatic heterocycles. The Morgan fingerprint density at radius 1 is 0.906 bits per heavy atom. The van der Waals surface area contributed by atoms with E-state index in [1.54, 1.807) is 43.5 Å². The number of phenols is 1. The second-order valence-corrected chi connectivity index (χ2v) is 7.00. The van der Waals surface area contributed by atoms with Gasteiger partial charge in [0.25, 0.3) is 5.91 Å². The van der Waals surface area contributed by atoms with Gasteiger partial charge in [-0.2, -0.15) is 0 Å². The summed E-state index contributed by atoms with van der Waals surface area (Å²) in [7, 11) is 4.11. The number of allylic oxidation sites excluding steroid dienone is 2. The van der Waals surface area contributed by atoms with Crippen LogP contribution in [0.15, 0.2) is 65.1 Å². The third-order valence-electron chi connectivity index (χ3n) is 5.17. The highest BCUT2D eigenvalue weighted by atomic mass is 16.5. The number of anilines is 1. The first-order chi connectivity index (χ1) is 15.3. The summed E-state index contributed by atoms with van der Waals surface area (Å²) in [4.78, 5) is 38.2. The molecule has 1 aliphatic carbocycles. The third kappa shape index (κ3) is 4.20. The zero-order valence-electron chi connectivity index (χ0n) is 18.1. The van der Waals surface area contributed by atoms with Crippen molar-refractivity contribution in [1.82, 2.24) is 0 Å². The predicted molar refractivity (Wildman–Crippen MR) is 117 cm³/mol. The van der Waals surface area contributed by atoms with E-state index in [-0.39, 0.29) is 40.4 Å². The summed E-state index contributed by atoms with van der Waals surface area (Å²) in [6.07, 6.45) is -0.0598. The van der Waals surface area contributed by atoms with Gasteiger partial charge in [-0.3, -0.25) is 14.4 Å². The topological polar surface area (TPSA) is 111 Å². The molecule has 0 spiro atoms. The Labute approximate surface area is 185 Å². The molecule has 0 radical (unpaired) electrons. The van der Waals surface area contributed by atoms with E-state index in [1.807, 2.05) is 0 Å². The van der Waals surface area contributed by atoms with Gasteiger partial charge < -0.3 is 24.6 Å². The number of methoxy groups -OCH3 is 3. The number of amides is 1. The standard InChI is InChI=1S/C24H23NO7/c1-13-18(21(28)23(32-4)22(31-3)19(13)26)12-14-6-5-7-17(20(14)27)24(29)25-15-8-10-16(30-2)11-9-15/h5-11,27H,12H2,1-4H3,(H,25,29). The number of Topliss-reactive ketones (excluding diaryl/α,β-unsaturated/α-hetero) is 2. The number of carbonyl (C=O) groups is 3. The molecule has 1 aliphatic rings. The van der Waals surface area contributed by atoms with Gasteiger partial charge in [-0.1, -0.05) is 12.1 Å². The maximum Gasteiger partial charge on any atom is 0.259 e. The van der Waals surface area contributed by atoms with Gasteiger partial charge in [0.2, 0.25) is 23.1 Å². The number of ether oxygens (including phenoxy) is 3. The van der Waals surface area contributed by atoms with E-state index < -0.39 is 17.5 Å². The molecule has 0 saturated carbocycles. The normalized spacial score (nSPS) is 13.9. The molecule has 0 saturated heterocycles. The second kappa shape index (κ2) is 9.38. The minimum absolute atomic E-state index is 0.0336. The molecule has 3 rings (SSSR count). The van der Waals surface area contributed by atoms with Crippen LogP contribution in [0.1, 0.15) is 22.8 Å². The number of rotatable bonds is 7. The number of benzene rings is 2. The second-order valence-electron chi connectivity index (χ2n) is 7.00. The van der Waals surface area contributed by atoms with Gasteiger partial charge in [0.1, 0.15) is 11.5 Å². The first kappa shape index (κ1) is 22.6. The number of phenolic OH excluding ortho intramolecular Hbond substituents is 1. The summed E-state index contributed by atoms with van der Waals surface area (Å²) in [5, 5.41) is 13.4. The molecule has 8 nitrogen and oxygen atoms in total. The molecule has 0 atom stereocenters. The number of hydrogen-bond donors (Lipinski definition) is 2. The van der Waals surface area contributed by atoms with Crippen LogP contribution in [0.4, 0.5) is 5.69 Å². The molecule has 166 valence electrons. The minimum atomic E-state index is -0.523. The average Bonchev–Trinajstić information content (AvgIpc) is 2.80. The number of ketones is 2. The van der Waals surface area contributed by atoms with Crippen molar-refractivity contribution in [2.24, 2.45) is 0 Å². The predicted octanol–water partition coefficient (Wildman–Crippen LogP) is 3.17. The maximum absolute atomic E-state index is 12.9. The van der Waals surface area contributed by atoms with Crippen LogP contribution >= 0.6 is 0 Å². The van der Waals surface area contributed by atoms with Crippen LogP contribution in [0.5, 0.6) is 11.5 Å². The number of para-hydroxylation sites is 1. The van der Waals surface area contributed by atoms with Crippen molar-refractivity contribution in [3.63, 3.8) is 0 Å². The molecule has 2 aromatic rings. The van der Waals surface area contributed by atoms with E-state index in [1.165, 1.54) is 27.2 Å². The van der Waals surface area contributed by atoms with Crippen molar-refractivity contribution in [2.45, 2.75) is 13.3 Å². The zero-order chi connectivity index (χ0) is 23.4. The van der Waals surface area contributed by atoms with Crippen molar-refractivity contribution >= 4 is 23.2 Å². The molecule has 0 fully saturated rings. The van der Waals surface area contributed by atoms with Gasteiger partial charge in [0.15, 0.2) is 0 Å². The first-order valence-corrected chi connectivity index (χ1v) is 9.70. The Kier molecular flexibility index (Phi) is 6.63. The van der Waals surface area contributed by atoms with Gasteiger partial charge in [0, 0.05) is 23.3 Å². The lowest BCUT2D eigenvalue weighted by atomic mass is 9.88. The van der Waals surface area contributed by atoms with Gasteiger partial charge >= 0.3 is 0 Å². The van der Waals surface area contributed by atoms with Crippen LogP contribution in [0.3, 0.4) is 0 Å². The summed E-state index contributed by atoms with van der Waals surface area (Å²) in [5.41, 5.74) is 1.23. The largest absolute Gasteiger partial charge is 0.507 e. The molecule has 1 amide bonds. The van der Waals surface area contributed by atoms with Crippen molar-refractivity contribution in [3.8, 4) is 11.5 Å². The van der Waals surface area contributed by atoms with Gasteiger partial charge in [-0.25, -0.2) is 0 Å². The third-order valence-corrected chi connectivity index (χ3v) is 5.17. The summed E-state index contributed by atoms with van der Waals surface area (Å²) in [6.45, 7) is 1.51. The first-order valence-electron chi connectivity index (χ1n) is 9.70. The van der Waals surface area contributed by atoms with Crippen LogP contribution in [-0.4, -0.2) is 43.9 Å². The fraction of sp³-hybridized carbons (Fsp3) is 0.208. The molecule has 2 N–H and O–H groups in total. The zero-order valence-corrected chi connectivity index (χ0v) is 18.1. The summed E-state index contributed by atoms with van der Waals surface area (Å²) in [6, 6.07) is 11.4. The number of hydrogen-bond acceptors (Lipinski definition) is 7. The quantitative estimate of drug-likeness (QED) is 0.640. The van der Waals surface area contributed by atoms with E-state index in [0.717, 1.165) is 0 Å². The molecular weight excluding hydrogens is 414 g/mol. The highest BCUT2D eigenvalue weighted by Crippen LogP contribution is 2.32. The smallest absolute Gasteiger partial charge is 0.259 e. The Bertz CT molecular complexity index is 1140. The molecular formula is C24H23NO7. The molecule has 0 heterocycles. The van der Waals surface area contributed by atoms with Crippen molar-refractivity contribution in [3.05, 3.63) is 76.3 Å². The van der Waals surface area contributed by atoms with E-state index in [0.29, 0.717) is 17.0 Å². The molecule has 0 unspecified atom stereocenters. The van der Waals surface area contributed by atoms with Crippen molar-refractivity contribution < 1.29 is 33.7 Å². The lowest BCUT2D eigenvalue weighted by Gasteiger charge is -2.21. The minimum Gasteiger partial charge on any atom is -0.507 e. The van der Waals surface area contributed by atoms with E-state index >= 15 is 0 Å². The lowest BCUT2D eigenvalue weighted by molar-refractivity contribution is -0.121. The van der Waals surface area contributed by atoms with E-state index in [4.69, 9.17) is 14.2 Å². The van der Waals surface area contributed by atoms with Crippen LogP contribution in [0, 0.1) is 0 Å². The van der Waals surface area contributed by atoms with Gasteiger partial charge in [-0.15, -0.1) is 0 Å². The number of nitrogens with one attached hydrogen (secondary N) is 1. The molecule has 0 aromatic heterocycles. The van der Waals surface area contributed by atoms with Gasteiger partial charge in [0.05, 0.1) is 26.9 Å². The fourth-order valence-corrected chi connectivity index (χ4v) is 3.39. The SMILES string of the molecule is COC1=C(OC)C(=O)C(Cc2cccc(C(=O)Nc3ccc(OC)cc3)c2O)=C(C)C1=O. The maximum atomic E-state index is 12.9.